The average molecular weight is 191 g/mol. The molecule has 0 amide bonds. The van der Waals surface area contributed by atoms with Crippen LogP contribution in [0.2, 0.25) is 0 Å². The van der Waals surface area contributed by atoms with Gasteiger partial charge in [0, 0.05) is 30.6 Å². The maximum absolute atomic E-state index is 5.66. The molecule has 4 heteroatoms. The molecule has 0 aliphatic carbocycles. The molecule has 0 fully saturated rings. The molecule has 1 rings (SSSR count). The summed E-state index contributed by atoms with van der Waals surface area (Å²) in [5.41, 5.74) is 0. The fraction of sp³-hybridized carbons (Fsp3) is 0.571. The Morgan fingerprint density at radius 2 is 2.55 bits per heavy atom. The second kappa shape index (κ2) is 4.02. The Morgan fingerprint density at radius 1 is 1.82 bits per heavy atom. The summed E-state index contributed by atoms with van der Waals surface area (Å²) in [7, 11) is 1.98. The number of hydrogen-bond donors (Lipinski definition) is 0. The van der Waals surface area contributed by atoms with Crippen molar-refractivity contribution < 1.29 is 0 Å². The van der Waals surface area contributed by atoms with E-state index in [-0.39, 0.29) is 0 Å². The van der Waals surface area contributed by atoms with Crippen LogP contribution in [0.1, 0.15) is 6.92 Å². The summed E-state index contributed by atoms with van der Waals surface area (Å²) >= 11 is 7.36. The first-order valence-corrected chi connectivity index (χ1v) is 4.85. The van der Waals surface area contributed by atoms with Gasteiger partial charge < -0.3 is 4.57 Å². The van der Waals surface area contributed by atoms with Gasteiger partial charge in [0.1, 0.15) is 0 Å². The van der Waals surface area contributed by atoms with E-state index in [1.165, 1.54) is 0 Å². The minimum Gasteiger partial charge on any atom is -0.329 e. The highest BCUT2D eigenvalue weighted by molar-refractivity contribution is 7.99. The first kappa shape index (κ1) is 8.94. The van der Waals surface area contributed by atoms with Crippen molar-refractivity contribution in [3.63, 3.8) is 0 Å². The molecule has 0 radical (unpaired) electrons. The van der Waals surface area contributed by atoms with E-state index in [0.29, 0.717) is 11.1 Å². The van der Waals surface area contributed by atoms with Gasteiger partial charge >= 0.3 is 0 Å². The van der Waals surface area contributed by atoms with E-state index in [0.717, 1.165) is 5.16 Å². The van der Waals surface area contributed by atoms with E-state index in [9.17, 15) is 0 Å². The van der Waals surface area contributed by atoms with Crippen molar-refractivity contribution in [1.82, 2.24) is 9.55 Å². The largest absolute Gasteiger partial charge is 0.329 e. The van der Waals surface area contributed by atoms with Crippen molar-refractivity contribution in [3.05, 3.63) is 12.4 Å². The number of thioether (sulfide) groups is 1. The summed E-state index contributed by atoms with van der Waals surface area (Å²) in [5, 5.41) is 1.45. The van der Waals surface area contributed by atoms with E-state index in [1.807, 2.05) is 17.8 Å². The van der Waals surface area contributed by atoms with Crippen LogP contribution in [-0.2, 0) is 7.05 Å². The highest BCUT2D eigenvalue weighted by Gasteiger charge is 2.05. The standard InChI is InChI=1S/C7H11ClN2S/c1-6(5-8)11-7-9-3-4-10(7)2/h3-4,6H,5H2,1-2H3. The minimum absolute atomic E-state index is 0.428. The fourth-order valence-corrected chi connectivity index (χ4v) is 1.64. The Hall–Kier alpha value is -0.150. The van der Waals surface area contributed by atoms with Gasteiger partial charge in [0.2, 0.25) is 0 Å². The molecule has 0 saturated carbocycles. The Balaban J connectivity index is 2.56. The van der Waals surface area contributed by atoms with Crippen LogP contribution in [-0.4, -0.2) is 20.7 Å². The predicted octanol–water partition coefficient (Wildman–Crippen LogP) is 2.14. The SMILES string of the molecule is CC(CCl)Sc1nccn1C. The molecular weight excluding hydrogens is 180 g/mol. The van der Waals surface area contributed by atoms with Crippen LogP contribution in [0.3, 0.4) is 0 Å². The smallest absolute Gasteiger partial charge is 0.167 e. The van der Waals surface area contributed by atoms with Crippen LogP contribution in [0.5, 0.6) is 0 Å². The van der Waals surface area contributed by atoms with Crippen molar-refractivity contribution in [2.24, 2.45) is 7.05 Å². The van der Waals surface area contributed by atoms with E-state index in [1.54, 1.807) is 18.0 Å². The Bertz CT molecular complexity index is 224. The normalized spacial score (nSPS) is 13.4. The van der Waals surface area contributed by atoms with Crippen molar-refractivity contribution >= 4 is 23.4 Å². The molecule has 62 valence electrons. The molecule has 0 bridgehead atoms. The molecule has 1 unspecified atom stereocenters. The summed E-state index contributed by atoms with van der Waals surface area (Å²) < 4.78 is 1.99. The highest BCUT2D eigenvalue weighted by atomic mass is 35.5. The van der Waals surface area contributed by atoms with E-state index in [4.69, 9.17) is 11.6 Å². The van der Waals surface area contributed by atoms with Crippen LogP contribution >= 0.6 is 23.4 Å². The van der Waals surface area contributed by atoms with Gasteiger partial charge in [0.25, 0.3) is 0 Å². The van der Waals surface area contributed by atoms with Gasteiger partial charge in [0.15, 0.2) is 5.16 Å². The fourth-order valence-electron chi connectivity index (χ4n) is 0.677. The van der Waals surface area contributed by atoms with Crippen LogP contribution in [0.15, 0.2) is 17.6 Å². The van der Waals surface area contributed by atoms with Gasteiger partial charge in [-0.05, 0) is 0 Å². The zero-order valence-corrected chi connectivity index (χ0v) is 8.19. The first-order valence-electron chi connectivity index (χ1n) is 3.44. The predicted molar refractivity (Wildman–Crippen MR) is 49.2 cm³/mol. The number of imidazole rings is 1. The Kier molecular flexibility index (Phi) is 3.27. The lowest BCUT2D eigenvalue weighted by molar-refractivity contribution is 0.787. The van der Waals surface area contributed by atoms with Crippen molar-refractivity contribution in [2.75, 3.05) is 5.88 Å². The summed E-state index contributed by atoms with van der Waals surface area (Å²) in [6, 6.07) is 0. The van der Waals surface area contributed by atoms with E-state index in [2.05, 4.69) is 11.9 Å². The molecule has 1 atom stereocenters. The molecule has 0 spiro atoms. The third-order valence-corrected chi connectivity index (χ3v) is 3.12. The zero-order valence-electron chi connectivity index (χ0n) is 6.62. The van der Waals surface area contributed by atoms with Gasteiger partial charge in [-0.15, -0.1) is 11.6 Å². The van der Waals surface area contributed by atoms with Crippen LogP contribution in [0.25, 0.3) is 0 Å². The highest BCUT2D eigenvalue weighted by Crippen LogP contribution is 2.20. The minimum atomic E-state index is 0.428. The zero-order chi connectivity index (χ0) is 8.27. The summed E-state index contributed by atoms with van der Waals surface area (Å²) in [6.07, 6.45) is 3.73. The van der Waals surface area contributed by atoms with Gasteiger partial charge in [-0.3, -0.25) is 0 Å². The van der Waals surface area contributed by atoms with Gasteiger partial charge in [-0.25, -0.2) is 4.98 Å². The average Bonchev–Trinajstić information content (AvgIpc) is 2.37. The molecule has 11 heavy (non-hydrogen) atoms. The molecular formula is C7H11ClN2S. The van der Waals surface area contributed by atoms with E-state index >= 15 is 0 Å². The van der Waals surface area contributed by atoms with Crippen LogP contribution in [0.4, 0.5) is 0 Å². The number of nitrogens with zero attached hydrogens (tertiary/aromatic N) is 2. The third-order valence-electron chi connectivity index (χ3n) is 1.30. The molecule has 0 aromatic carbocycles. The lowest BCUT2D eigenvalue weighted by atomic mass is 10.6. The van der Waals surface area contributed by atoms with Crippen molar-refractivity contribution in [2.45, 2.75) is 17.3 Å². The molecule has 1 aromatic rings. The lowest BCUT2D eigenvalue weighted by Crippen LogP contribution is -2.00. The number of hydrogen-bond acceptors (Lipinski definition) is 2. The molecule has 0 N–H and O–H groups in total. The Labute approximate surface area is 76.0 Å². The third kappa shape index (κ3) is 2.42. The second-order valence-corrected chi connectivity index (χ2v) is 4.12. The van der Waals surface area contributed by atoms with Crippen molar-refractivity contribution in [1.29, 1.82) is 0 Å². The first-order chi connectivity index (χ1) is 5.24. The molecule has 0 aliphatic rings. The molecule has 0 saturated heterocycles. The van der Waals surface area contributed by atoms with E-state index < -0.39 is 0 Å². The quantitative estimate of drug-likeness (QED) is 0.537. The summed E-state index contributed by atoms with van der Waals surface area (Å²) in [4.78, 5) is 4.17. The van der Waals surface area contributed by atoms with Crippen LogP contribution < -0.4 is 0 Å². The number of alkyl halides is 1. The summed E-state index contributed by atoms with van der Waals surface area (Å²) in [5.74, 6) is 0.664. The maximum Gasteiger partial charge on any atom is 0.167 e. The van der Waals surface area contributed by atoms with Gasteiger partial charge in [-0.1, -0.05) is 18.7 Å². The van der Waals surface area contributed by atoms with Gasteiger partial charge in [-0.2, -0.15) is 0 Å². The molecule has 2 nitrogen and oxygen atoms in total. The number of rotatable bonds is 3. The second-order valence-electron chi connectivity index (χ2n) is 2.40. The van der Waals surface area contributed by atoms with Crippen LogP contribution in [0, 0.1) is 0 Å². The Morgan fingerprint density at radius 3 is 3.00 bits per heavy atom. The van der Waals surface area contributed by atoms with Crippen molar-refractivity contribution in [3.8, 4) is 0 Å². The van der Waals surface area contributed by atoms with Gasteiger partial charge in [0.05, 0.1) is 0 Å². The topological polar surface area (TPSA) is 17.8 Å². The lowest BCUT2D eigenvalue weighted by Gasteiger charge is -2.05. The maximum atomic E-state index is 5.66. The molecule has 1 aromatic heterocycles. The molecule has 1 heterocycles. The summed E-state index contributed by atoms with van der Waals surface area (Å²) in [6.45, 7) is 2.09. The number of aryl methyl sites for hydroxylation is 1. The monoisotopic (exact) mass is 190 g/mol. The number of halogens is 1. The number of aromatic nitrogens is 2. The molecule has 0 aliphatic heterocycles.